The molecule has 16 heavy (non-hydrogen) atoms. The van der Waals surface area contributed by atoms with Crippen LogP contribution in [0.25, 0.3) is 0 Å². The fraction of sp³-hybridized carbons (Fsp3) is 0.200. The number of nitrogens with zero attached hydrogens (tertiary/aromatic N) is 5. The zero-order valence-corrected chi connectivity index (χ0v) is 8.54. The SMILES string of the molecule is N#Cc1cnc(NCCn2cccn2)cn1. The third kappa shape index (κ3) is 2.54. The molecule has 0 aliphatic heterocycles. The van der Waals surface area contributed by atoms with Crippen molar-refractivity contribution in [2.45, 2.75) is 6.54 Å². The van der Waals surface area contributed by atoms with Crippen molar-refractivity contribution in [3.8, 4) is 6.07 Å². The van der Waals surface area contributed by atoms with Crippen LogP contribution in [0.1, 0.15) is 5.69 Å². The normalized spacial score (nSPS) is 9.69. The summed E-state index contributed by atoms with van der Waals surface area (Å²) in [5.74, 6) is 0.658. The summed E-state index contributed by atoms with van der Waals surface area (Å²) in [5.41, 5.74) is 0.317. The minimum atomic E-state index is 0.317. The van der Waals surface area contributed by atoms with Crippen molar-refractivity contribution in [2.24, 2.45) is 0 Å². The second-order valence-corrected chi connectivity index (χ2v) is 3.09. The highest BCUT2D eigenvalue weighted by Gasteiger charge is 1.96. The second kappa shape index (κ2) is 4.89. The summed E-state index contributed by atoms with van der Waals surface area (Å²) >= 11 is 0. The highest BCUT2D eigenvalue weighted by atomic mass is 15.3. The summed E-state index contributed by atoms with van der Waals surface area (Å²) in [5, 5.41) is 15.7. The zero-order valence-electron chi connectivity index (χ0n) is 8.54. The maximum atomic E-state index is 8.55. The number of anilines is 1. The van der Waals surface area contributed by atoms with E-state index in [4.69, 9.17) is 5.26 Å². The van der Waals surface area contributed by atoms with Crippen LogP contribution >= 0.6 is 0 Å². The number of hydrogen-bond donors (Lipinski definition) is 1. The van der Waals surface area contributed by atoms with E-state index >= 15 is 0 Å². The minimum Gasteiger partial charge on any atom is -0.367 e. The van der Waals surface area contributed by atoms with Gasteiger partial charge in [-0.25, -0.2) is 9.97 Å². The largest absolute Gasteiger partial charge is 0.367 e. The van der Waals surface area contributed by atoms with E-state index in [-0.39, 0.29) is 0 Å². The van der Waals surface area contributed by atoms with Gasteiger partial charge in [0.25, 0.3) is 0 Å². The standard InChI is InChI=1S/C10H10N6/c11-6-9-7-14-10(8-13-9)12-3-5-16-4-1-2-15-16/h1-2,4,7-8H,3,5H2,(H,12,14). The molecule has 0 saturated carbocycles. The summed E-state index contributed by atoms with van der Waals surface area (Å²) in [7, 11) is 0. The Hall–Kier alpha value is -2.42. The molecule has 0 radical (unpaired) electrons. The van der Waals surface area contributed by atoms with E-state index in [9.17, 15) is 0 Å². The van der Waals surface area contributed by atoms with Crippen molar-refractivity contribution in [3.05, 3.63) is 36.5 Å². The Morgan fingerprint density at radius 1 is 1.38 bits per heavy atom. The molecule has 2 heterocycles. The van der Waals surface area contributed by atoms with Crippen LogP contribution in [-0.4, -0.2) is 26.3 Å². The van der Waals surface area contributed by atoms with Crippen molar-refractivity contribution in [2.75, 3.05) is 11.9 Å². The number of hydrogen-bond acceptors (Lipinski definition) is 5. The third-order valence-corrected chi connectivity index (χ3v) is 1.97. The van der Waals surface area contributed by atoms with Gasteiger partial charge in [-0.2, -0.15) is 10.4 Å². The Bertz CT molecular complexity index is 467. The fourth-order valence-corrected chi connectivity index (χ4v) is 1.21. The molecule has 80 valence electrons. The second-order valence-electron chi connectivity index (χ2n) is 3.09. The molecule has 0 bridgehead atoms. The van der Waals surface area contributed by atoms with Gasteiger partial charge in [-0.3, -0.25) is 4.68 Å². The summed E-state index contributed by atoms with van der Waals surface area (Å²) in [6.45, 7) is 1.47. The maximum absolute atomic E-state index is 8.55. The van der Waals surface area contributed by atoms with Gasteiger partial charge in [-0.1, -0.05) is 0 Å². The summed E-state index contributed by atoms with van der Waals surface area (Å²) in [6, 6.07) is 3.79. The predicted molar refractivity (Wildman–Crippen MR) is 57.5 cm³/mol. The Balaban J connectivity index is 1.83. The van der Waals surface area contributed by atoms with Crippen molar-refractivity contribution < 1.29 is 0 Å². The van der Waals surface area contributed by atoms with Crippen molar-refractivity contribution in [3.63, 3.8) is 0 Å². The van der Waals surface area contributed by atoms with E-state index in [1.165, 1.54) is 6.20 Å². The molecular weight excluding hydrogens is 204 g/mol. The molecule has 2 aromatic heterocycles. The van der Waals surface area contributed by atoms with Crippen LogP contribution in [0.15, 0.2) is 30.9 Å². The number of nitriles is 1. The van der Waals surface area contributed by atoms with Gasteiger partial charge in [0.2, 0.25) is 0 Å². The van der Waals surface area contributed by atoms with Crippen molar-refractivity contribution in [1.82, 2.24) is 19.7 Å². The maximum Gasteiger partial charge on any atom is 0.158 e. The molecule has 0 aromatic carbocycles. The number of nitrogens with one attached hydrogen (secondary N) is 1. The molecule has 0 saturated heterocycles. The molecule has 6 heteroatoms. The van der Waals surface area contributed by atoms with E-state index in [0.29, 0.717) is 18.1 Å². The van der Waals surface area contributed by atoms with E-state index < -0.39 is 0 Å². The van der Waals surface area contributed by atoms with Crippen LogP contribution in [0.2, 0.25) is 0 Å². The van der Waals surface area contributed by atoms with Crippen LogP contribution in [0.4, 0.5) is 5.82 Å². The number of aromatic nitrogens is 4. The lowest BCUT2D eigenvalue weighted by molar-refractivity contribution is 0.637. The lowest BCUT2D eigenvalue weighted by atomic mass is 10.5. The number of rotatable bonds is 4. The Morgan fingerprint density at radius 2 is 2.31 bits per heavy atom. The van der Waals surface area contributed by atoms with Gasteiger partial charge in [-0.15, -0.1) is 0 Å². The van der Waals surface area contributed by atoms with Gasteiger partial charge in [0.05, 0.1) is 18.9 Å². The summed E-state index contributed by atoms with van der Waals surface area (Å²) < 4.78 is 1.82. The Labute approximate surface area is 92.6 Å². The van der Waals surface area contributed by atoms with Crippen molar-refractivity contribution in [1.29, 1.82) is 5.26 Å². The van der Waals surface area contributed by atoms with Crippen LogP contribution in [0.3, 0.4) is 0 Å². The molecule has 0 fully saturated rings. The van der Waals surface area contributed by atoms with Crippen molar-refractivity contribution >= 4 is 5.82 Å². The fourth-order valence-electron chi connectivity index (χ4n) is 1.21. The van der Waals surface area contributed by atoms with Crippen LogP contribution in [0.5, 0.6) is 0 Å². The lowest BCUT2D eigenvalue weighted by Crippen LogP contribution is -2.11. The van der Waals surface area contributed by atoms with Gasteiger partial charge in [0.15, 0.2) is 5.69 Å². The molecule has 1 N–H and O–H groups in total. The average Bonchev–Trinajstić information content (AvgIpc) is 2.83. The molecule has 0 amide bonds. The summed E-state index contributed by atoms with van der Waals surface area (Å²) in [6.07, 6.45) is 6.62. The van der Waals surface area contributed by atoms with Crippen LogP contribution < -0.4 is 5.32 Å². The average molecular weight is 214 g/mol. The molecule has 0 aliphatic carbocycles. The Kier molecular flexibility index (Phi) is 3.09. The first-order valence-corrected chi connectivity index (χ1v) is 4.82. The van der Waals surface area contributed by atoms with Crippen LogP contribution in [-0.2, 0) is 6.54 Å². The first-order chi connectivity index (χ1) is 7.88. The molecular formula is C10H10N6. The van der Waals surface area contributed by atoms with Gasteiger partial charge < -0.3 is 5.32 Å². The monoisotopic (exact) mass is 214 g/mol. The van der Waals surface area contributed by atoms with Gasteiger partial charge in [0, 0.05) is 18.9 Å². The van der Waals surface area contributed by atoms with Crippen LogP contribution in [0, 0.1) is 11.3 Å². The van der Waals surface area contributed by atoms with E-state index in [0.717, 1.165) is 6.54 Å². The highest BCUT2D eigenvalue weighted by molar-refractivity contribution is 5.32. The molecule has 6 nitrogen and oxygen atoms in total. The van der Waals surface area contributed by atoms with E-state index in [1.54, 1.807) is 12.4 Å². The molecule has 0 aliphatic rings. The molecule has 0 unspecified atom stereocenters. The van der Waals surface area contributed by atoms with E-state index in [1.807, 2.05) is 23.0 Å². The molecule has 2 aromatic rings. The molecule has 0 spiro atoms. The Morgan fingerprint density at radius 3 is 2.94 bits per heavy atom. The van der Waals surface area contributed by atoms with Gasteiger partial charge in [-0.05, 0) is 6.07 Å². The smallest absolute Gasteiger partial charge is 0.158 e. The minimum absolute atomic E-state index is 0.317. The van der Waals surface area contributed by atoms with Gasteiger partial charge >= 0.3 is 0 Å². The molecule has 2 rings (SSSR count). The quantitative estimate of drug-likeness (QED) is 0.808. The zero-order chi connectivity index (χ0) is 11.2. The highest BCUT2D eigenvalue weighted by Crippen LogP contribution is 1.99. The predicted octanol–water partition coefficient (Wildman–Crippen LogP) is 0.657. The van der Waals surface area contributed by atoms with E-state index in [2.05, 4.69) is 20.4 Å². The first-order valence-electron chi connectivity index (χ1n) is 4.82. The first kappa shape index (κ1) is 10.1. The summed E-state index contributed by atoms with van der Waals surface area (Å²) in [4.78, 5) is 7.95. The lowest BCUT2D eigenvalue weighted by Gasteiger charge is -2.04. The topological polar surface area (TPSA) is 79.4 Å². The van der Waals surface area contributed by atoms with Gasteiger partial charge in [0.1, 0.15) is 11.9 Å². The third-order valence-electron chi connectivity index (χ3n) is 1.97. The molecule has 0 atom stereocenters.